The summed E-state index contributed by atoms with van der Waals surface area (Å²) in [6, 6.07) is 0.653. The molecule has 1 aromatic heterocycles. The summed E-state index contributed by atoms with van der Waals surface area (Å²) in [6.07, 6.45) is 4.26. The van der Waals surface area contributed by atoms with Crippen LogP contribution in [0, 0.1) is 5.92 Å². The summed E-state index contributed by atoms with van der Waals surface area (Å²) in [4.78, 5) is 6.93. The van der Waals surface area contributed by atoms with Gasteiger partial charge in [-0.2, -0.15) is 5.10 Å². The van der Waals surface area contributed by atoms with Gasteiger partial charge in [0.1, 0.15) is 12.2 Å². The lowest BCUT2D eigenvalue weighted by Gasteiger charge is -2.24. The maximum Gasteiger partial charge on any atom is 0.141 e. The maximum atomic E-state index is 4.38. The number of hydrogen-bond donors (Lipinski definition) is 1. The number of nitrogens with zero attached hydrogens (tertiary/aromatic N) is 4. The van der Waals surface area contributed by atoms with Gasteiger partial charge in [0.05, 0.1) is 6.54 Å². The molecule has 0 amide bonds. The van der Waals surface area contributed by atoms with Gasteiger partial charge in [-0.15, -0.1) is 0 Å². The molecule has 1 aliphatic heterocycles. The second-order valence-electron chi connectivity index (χ2n) is 5.81. The molecule has 1 N–H and O–H groups in total. The van der Waals surface area contributed by atoms with Crippen LogP contribution < -0.4 is 5.32 Å². The topological polar surface area (TPSA) is 46.0 Å². The SMILES string of the molecule is CCn1ncnc1CN1CCCC1CNCC(C)C. The molecule has 1 aromatic rings. The van der Waals surface area contributed by atoms with Crippen molar-refractivity contribution in [2.45, 2.75) is 52.7 Å². The molecule has 1 atom stereocenters. The van der Waals surface area contributed by atoms with Gasteiger partial charge in [-0.25, -0.2) is 9.67 Å². The molecule has 0 spiro atoms. The normalized spacial score (nSPS) is 20.5. The first-order valence-corrected chi connectivity index (χ1v) is 7.52. The van der Waals surface area contributed by atoms with E-state index in [4.69, 9.17) is 0 Å². The van der Waals surface area contributed by atoms with E-state index in [2.05, 4.69) is 41.1 Å². The van der Waals surface area contributed by atoms with Crippen molar-refractivity contribution in [1.29, 1.82) is 0 Å². The fourth-order valence-corrected chi connectivity index (χ4v) is 2.73. The third-order valence-corrected chi connectivity index (χ3v) is 3.77. The highest BCUT2D eigenvalue weighted by atomic mass is 15.4. The number of likely N-dealkylation sites (tertiary alicyclic amines) is 1. The van der Waals surface area contributed by atoms with Crippen LogP contribution in [0.1, 0.15) is 39.4 Å². The van der Waals surface area contributed by atoms with Crippen molar-refractivity contribution in [1.82, 2.24) is 25.0 Å². The molecule has 2 heterocycles. The Morgan fingerprint density at radius 1 is 1.47 bits per heavy atom. The van der Waals surface area contributed by atoms with E-state index in [0.29, 0.717) is 6.04 Å². The van der Waals surface area contributed by atoms with Crippen LogP contribution in [0.25, 0.3) is 0 Å². The Hall–Kier alpha value is -0.940. The van der Waals surface area contributed by atoms with Crippen LogP contribution in [0.15, 0.2) is 6.33 Å². The Morgan fingerprint density at radius 2 is 2.32 bits per heavy atom. The number of rotatable bonds is 7. The van der Waals surface area contributed by atoms with Gasteiger partial charge in [0.15, 0.2) is 0 Å². The highest BCUT2D eigenvalue weighted by Gasteiger charge is 2.25. The van der Waals surface area contributed by atoms with E-state index < -0.39 is 0 Å². The van der Waals surface area contributed by atoms with Crippen LogP contribution in [-0.2, 0) is 13.1 Å². The number of aromatic nitrogens is 3. The van der Waals surface area contributed by atoms with E-state index in [1.807, 2.05) is 4.68 Å². The molecule has 108 valence electrons. The summed E-state index contributed by atoms with van der Waals surface area (Å²) in [7, 11) is 0. The molecular weight excluding hydrogens is 238 g/mol. The van der Waals surface area contributed by atoms with Gasteiger partial charge in [0.25, 0.3) is 0 Å². The zero-order chi connectivity index (χ0) is 13.7. The van der Waals surface area contributed by atoms with Crippen molar-refractivity contribution >= 4 is 0 Å². The van der Waals surface area contributed by atoms with E-state index in [0.717, 1.165) is 37.9 Å². The van der Waals surface area contributed by atoms with Crippen molar-refractivity contribution in [2.75, 3.05) is 19.6 Å². The Kier molecular flexibility index (Phi) is 5.34. The highest BCUT2D eigenvalue weighted by molar-refractivity contribution is 4.89. The molecule has 1 aliphatic rings. The van der Waals surface area contributed by atoms with Crippen LogP contribution in [0.5, 0.6) is 0 Å². The third kappa shape index (κ3) is 4.01. The summed E-state index contributed by atoms with van der Waals surface area (Å²) in [5.74, 6) is 1.82. The zero-order valence-corrected chi connectivity index (χ0v) is 12.5. The van der Waals surface area contributed by atoms with Crippen LogP contribution in [0.2, 0.25) is 0 Å². The number of hydrogen-bond acceptors (Lipinski definition) is 4. The lowest BCUT2D eigenvalue weighted by Crippen LogP contribution is -2.39. The van der Waals surface area contributed by atoms with E-state index in [1.54, 1.807) is 6.33 Å². The first-order valence-electron chi connectivity index (χ1n) is 7.52. The largest absolute Gasteiger partial charge is 0.315 e. The van der Waals surface area contributed by atoms with Gasteiger partial charge < -0.3 is 5.32 Å². The molecule has 0 radical (unpaired) electrons. The second kappa shape index (κ2) is 7.01. The van der Waals surface area contributed by atoms with Crippen LogP contribution in [0.4, 0.5) is 0 Å². The van der Waals surface area contributed by atoms with Crippen LogP contribution >= 0.6 is 0 Å². The fourth-order valence-electron chi connectivity index (χ4n) is 2.73. The average molecular weight is 265 g/mol. The summed E-state index contributed by atoms with van der Waals surface area (Å²) in [5, 5.41) is 7.83. The van der Waals surface area contributed by atoms with Gasteiger partial charge in [-0.05, 0) is 38.8 Å². The minimum absolute atomic E-state index is 0.653. The lowest BCUT2D eigenvalue weighted by molar-refractivity contribution is 0.228. The van der Waals surface area contributed by atoms with Gasteiger partial charge >= 0.3 is 0 Å². The average Bonchev–Trinajstić information content (AvgIpc) is 2.99. The molecule has 0 aliphatic carbocycles. The molecule has 1 fully saturated rings. The third-order valence-electron chi connectivity index (χ3n) is 3.77. The predicted octanol–water partition coefficient (Wildman–Crippen LogP) is 1.51. The lowest BCUT2D eigenvalue weighted by atomic mass is 10.2. The highest BCUT2D eigenvalue weighted by Crippen LogP contribution is 2.18. The van der Waals surface area contributed by atoms with E-state index in [-0.39, 0.29) is 0 Å². The second-order valence-corrected chi connectivity index (χ2v) is 5.81. The minimum atomic E-state index is 0.653. The zero-order valence-electron chi connectivity index (χ0n) is 12.5. The van der Waals surface area contributed by atoms with Gasteiger partial charge in [-0.1, -0.05) is 13.8 Å². The predicted molar refractivity (Wildman–Crippen MR) is 76.8 cm³/mol. The van der Waals surface area contributed by atoms with Crippen molar-refractivity contribution in [3.63, 3.8) is 0 Å². The van der Waals surface area contributed by atoms with Crippen molar-refractivity contribution in [3.8, 4) is 0 Å². The van der Waals surface area contributed by atoms with Crippen LogP contribution in [0.3, 0.4) is 0 Å². The monoisotopic (exact) mass is 265 g/mol. The molecule has 0 bridgehead atoms. The van der Waals surface area contributed by atoms with Crippen molar-refractivity contribution < 1.29 is 0 Å². The molecule has 1 saturated heterocycles. The number of aryl methyl sites for hydroxylation is 1. The first kappa shape index (κ1) is 14.5. The summed E-state index contributed by atoms with van der Waals surface area (Å²) in [6.45, 7) is 11.8. The Bertz CT molecular complexity index is 374. The molecule has 0 aromatic carbocycles. The van der Waals surface area contributed by atoms with Crippen molar-refractivity contribution in [2.24, 2.45) is 5.92 Å². The molecular formula is C14H27N5. The van der Waals surface area contributed by atoms with E-state index in [9.17, 15) is 0 Å². The minimum Gasteiger partial charge on any atom is -0.315 e. The van der Waals surface area contributed by atoms with Gasteiger partial charge in [-0.3, -0.25) is 4.90 Å². The molecule has 5 nitrogen and oxygen atoms in total. The van der Waals surface area contributed by atoms with Crippen LogP contribution in [-0.4, -0.2) is 45.3 Å². The Balaban J connectivity index is 1.85. The molecule has 0 saturated carbocycles. The molecule has 19 heavy (non-hydrogen) atoms. The first-order chi connectivity index (χ1) is 9.20. The molecule has 2 rings (SSSR count). The Morgan fingerprint density at radius 3 is 3.05 bits per heavy atom. The maximum absolute atomic E-state index is 4.38. The number of nitrogens with one attached hydrogen (secondary N) is 1. The van der Waals surface area contributed by atoms with Gasteiger partial charge in [0.2, 0.25) is 0 Å². The van der Waals surface area contributed by atoms with Crippen molar-refractivity contribution in [3.05, 3.63) is 12.2 Å². The smallest absolute Gasteiger partial charge is 0.141 e. The standard InChI is InChI=1S/C14H27N5/c1-4-19-14(16-11-17-19)10-18-7-5-6-13(18)9-15-8-12(2)3/h11-13,15H,4-10H2,1-3H3. The van der Waals surface area contributed by atoms with E-state index >= 15 is 0 Å². The summed E-state index contributed by atoms with van der Waals surface area (Å²) >= 11 is 0. The summed E-state index contributed by atoms with van der Waals surface area (Å²) in [5.41, 5.74) is 0. The molecule has 5 heteroatoms. The van der Waals surface area contributed by atoms with E-state index in [1.165, 1.54) is 19.4 Å². The Labute approximate surface area is 116 Å². The molecule has 1 unspecified atom stereocenters. The van der Waals surface area contributed by atoms with Gasteiger partial charge in [0, 0.05) is 19.1 Å². The quantitative estimate of drug-likeness (QED) is 0.812. The fraction of sp³-hybridized carbons (Fsp3) is 0.857. The summed E-state index contributed by atoms with van der Waals surface area (Å²) < 4.78 is 2.00.